The molecular weight excluding hydrogens is 258 g/mol. The van der Waals surface area contributed by atoms with Gasteiger partial charge in [0.05, 0.1) is 4.92 Å². The topological polar surface area (TPSA) is 80.4 Å². The monoisotopic (exact) mass is 271 g/mol. The molecule has 2 aromatic rings. The number of carbonyl (C=O) groups is 1. The average Bonchev–Trinajstić information content (AvgIpc) is 2.38. The van der Waals surface area contributed by atoms with Gasteiger partial charge in [-0.15, -0.1) is 0 Å². The number of hydrogen-bond acceptors (Lipinski definition) is 4. The molecule has 0 saturated heterocycles. The molecule has 0 aromatic heterocycles. The fourth-order valence-electron chi connectivity index (χ4n) is 2.27. The Bertz CT molecular complexity index is 693. The van der Waals surface area contributed by atoms with Crippen molar-refractivity contribution in [3.63, 3.8) is 0 Å². The number of aromatic hydroxyl groups is 1. The Kier molecular flexibility index (Phi) is 3.52. The van der Waals surface area contributed by atoms with Crippen LogP contribution in [0.2, 0.25) is 0 Å². The number of hydrogen-bond donors (Lipinski definition) is 1. The minimum Gasteiger partial charge on any atom is -0.502 e. The zero-order chi connectivity index (χ0) is 14.9. The summed E-state index contributed by atoms with van der Waals surface area (Å²) in [5.74, 6) is -0.710. The molecule has 0 fully saturated rings. The molecule has 1 N–H and O–H groups in total. The number of nitrogens with zero attached hydrogens (tertiary/aromatic N) is 1. The Morgan fingerprint density at radius 1 is 1.20 bits per heavy atom. The van der Waals surface area contributed by atoms with E-state index in [-0.39, 0.29) is 16.9 Å². The molecule has 0 bridgehead atoms. The average molecular weight is 271 g/mol. The predicted octanol–water partition coefficient (Wildman–Crippen LogP) is 3.15. The Balaban J connectivity index is 2.66. The molecule has 0 aliphatic rings. The quantitative estimate of drug-likeness (QED) is 0.528. The molecule has 0 amide bonds. The number of rotatable bonds is 3. The molecule has 0 aliphatic carbocycles. The highest BCUT2D eigenvalue weighted by Crippen LogP contribution is 2.35. The standard InChI is InChI=1S/C15H13NO4/c1-9-8-12(17)14(16(19)20)10(2)13(9)15(18)11-6-4-3-5-7-11/h3-8,17H,1-2H3. The highest BCUT2D eigenvalue weighted by molar-refractivity contribution is 6.11. The van der Waals surface area contributed by atoms with Gasteiger partial charge in [0, 0.05) is 16.7 Å². The molecule has 0 unspecified atom stereocenters. The van der Waals surface area contributed by atoms with E-state index in [4.69, 9.17) is 0 Å². The fourth-order valence-corrected chi connectivity index (χ4v) is 2.27. The third-order valence-corrected chi connectivity index (χ3v) is 3.17. The van der Waals surface area contributed by atoms with Crippen LogP contribution < -0.4 is 0 Å². The molecule has 2 rings (SSSR count). The third-order valence-electron chi connectivity index (χ3n) is 3.17. The van der Waals surface area contributed by atoms with E-state index in [0.29, 0.717) is 11.1 Å². The lowest BCUT2D eigenvalue weighted by molar-refractivity contribution is -0.386. The van der Waals surface area contributed by atoms with Crippen LogP contribution in [0, 0.1) is 24.0 Å². The van der Waals surface area contributed by atoms with Crippen molar-refractivity contribution in [3.8, 4) is 5.75 Å². The van der Waals surface area contributed by atoms with Gasteiger partial charge in [-0.25, -0.2) is 0 Å². The molecule has 102 valence electrons. The van der Waals surface area contributed by atoms with E-state index < -0.39 is 16.4 Å². The predicted molar refractivity (Wildman–Crippen MR) is 74.1 cm³/mol. The van der Waals surface area contributed by atoms with Crippen molar-refractivity contribution in [1.82, 2.24) is 0 Å². The van der Waals surface area contributed by atoms with Crippen molar-refractivity contribution >= 4 is 11.5 Å². The molecule has 20 heavy (non-hydrogen) atoms. The summed E-state index contributed by atoms with van der Waals surface area (Å²) in [4.78, 5) is 22.8. The second kappa shape index (κ2) is 5.13. The summed E-state index contributed by atoms with van der Waals surface area (Å²) in [7, 11) is 0. The third kappa shape index (κ3) is 2.25. The zero-order valence-electron chi connectivity index (χ0n) is 11.1. The zero-order valence-corrected chi connectivity index (χ0v) is 11.1. The summed E-state index contributed by atoms with van der Waals surface area (Å²) in [6, 6.07) is 9.80. The van der Waals surface area contributed by atoms with Crippen LogP contribution >= 0.6 is 0 Å². The summed E-state index contributed by atoms with van der Waals surface area (Å²) in [5, 5.41) is 20.7. The SMILES string of the molecule is Cc1cc(O)c([N+](=O)[O-])c(C)c1C(=O)c1ccccc1. The Labute approximate surface area is 115 Å². The Hall–Kier alpha value is -2.69. The molecule has 2 aromatic carbocycles. The van der Waals surface area contributed by atoms with Gasteiger partial charge >= 0.3 is 5.69 Å². The van der Waals surface area contributed by atoms with Gasteiger partial charge in [0.25, 0.3) is 0 Å². The van der Waals surface area contributed by atoms with Crippen molar-refractivity contribution in [1.29, 1.82) is 0 Å². The van der Waals surface area contributed by atoms with Crippen LogP contribution in [0.15, 0.2) is 36.4 Å². The van der Waals surface area contributed by atoms with Gasteiger partial charge in [0.15, 0.2) is 11.5 Å². The van der Waals surface area contributed by atoms with Gasteiger partial charge in [-0.2, -0.15) is 0 Å². The van der Waals surface area contributed by atoms with Crippen LogP contribution in [0.5, 0.6) is 5.75 Å². The summed E-state index contributed by atoms with van der Waals surface area (Å²) >= 11 is 0. The fraction of sp³-hybridized carbons (Fsp3) is 0.133. The maximum atomic E-state index is 12.5. The minimum absolute atomic E-state index is 0.182. The molecular formula is C15H13NO4. The molecule has 0 heterocycles. The number of phenols is 1. The lowest BCUT2D eigenvalue weighted by Crippen LogP contribution is -2.08. The van der Waals surface area contributed by atoms with E-state index >= 15 is 0 Å². The van der Waals surface area contributed by atoms with Crippen molar-refractivity contribution in [2.45, 2.75) is 13.8 Å². The molecule has 0 atom stereocenters. The molecule has 0 radical (unpaired) electrons. The van der Waals surface area contributed by atoms with E-state index in [2.05, 4.69) is 0 Å². The van der Waals surface area contributed by atoms with Gasteiger partial charge in [0.2, 0.25) is 0 Å². The molecule has 0 spiro atoms. The van der Waals surface area contributed by atoms with Gasteiger partial charge in [-0.1, -0.05) is 30.3 Å². The van der Waals surface area contributed by atoms with Crippen LogP contribution in [0.3, 0.4) is 0 Å². The lowest BCUT2D eigenvalue weighted by Gasteiger charge is -2.10. The van der Waals surface area contributed by atoms with Crippen molar-refractivity contribution in [2.24, 2.45) is 0 Å². The number of phenolic OH excluding ortho intramolecular Hbond substituents is 1. The van der Waals surface area contributed by atoms with Crippen molar-refractivity contribution in [2.75, 3.05) is 0 Å². The Morgan fingerprint density at radius 3 is 2.35 bits per heavy atom. The second-order valence-corrected chi connectivity index (χ2v) is 4.51. The summed E-state index contributed by atoms with van der Waals surface area (Å²) in [5.41, 5.74) is 0.995. The van der Waals surface area contributed by atoms with E-state index in [1.54, 1.807) is 37.3 Å². The van der Waals surface area contributed by atoms with E-state index in [1.807, 2.05) is 0 Å². The molecule has 0 saturated carbocycles. The number of nitro groups is 1. The van der Waals surface area contributed by atoms with Gasteiger partial charge in [-0.05, 0) is 25.5 Å². The van der Waals surface area contributed by atoms with Crippen LogP contribution in [-0.4, -0.2) is 15.8 Å². The summed E-state index contributed by atoms with van der Waals surface area (Å²) in [6.45, 7) is 3.12. The minimum atomic E-state index is -0.675. The second-order valence-electron chi connectivity index (χ2n) is 4.51. The van der Waals surface area contributed by atoms with E-state index in [0.717, 1.165) is 0 Å². The number of nitro benzene ring substituents is 1. The molecule has 5 heteroatoms. The largest absolute Gasteiger partial charge is 0.502 e. The highest BCUT2D eigenvalue weighted by Gasteiger charge is 2.25. The first-order valence-corrected chi connectivity index (χ1v) is 6.00. The smallest absolute Gasteiger partial charge is 0.314 e. The summed E-state index contributed by atoms with van der Waals surface area (Å²) in [6.07, 6.45) is 0. The molecule has 0 aliphatic heterocycles. The van der Waals surface area contributed by atoms with Crippen molar-refractivity contribution < 1.29 is 14.8 Å². The van der Waals surface area contributed by atoms with Crippen LogP contribution in [0.4, 0.5) is 5.69 Å². The Morgan fingerprint density at radius 2 is 1.80 bits per heavy atom. The van der Waals surface area contributed by atoms with Gasteiger partial charge < -0.3 is 5.11 Å². The first kappa shape index (κ1) is 13.7. The van der Waals surface area contributed by atoms with Crippen LogP contribution in [0.25, 0.3) is 0 Å². The lowest BCUT2D eigenvalue weighted by atomic mass is 9.93. The van der Waals surface area contributed by atoms with E-state index in [1.165, 1.54) is 13.0 Å². The van der Waals surface area contributed by atoms with Crippen molar-refractivity contribution in [3.05, 3.63) is 68.8 Å². The first-order valence-electron chi connectivity index (χ1n) is 6.00. The highest BCUT2D eigenvalue weighted by atomic mass is 16.6. The first-order chi connectivity index (χ1) is 9.43. The maximum absolute atomic E-state index is 12.5. The molecule has 5 nitrogen and oxygen atoms in total. The maximum Gasteiger partial charge on any atom is 0.314 e. The van der Waals surface area contributed by atoms with Crippen LogP contribution in [0.1, 0.15) is 27.0 Å². The van der Waals surface area contributed by atoms with Crippen LogP contribution in [-0.2, 0) is 0 Å². The number of carbonyl (C=O) groups excluding carboxylic acids is 1. The van der Waals surface area contributed by atoms with Gasteiger partial charge in [0.1, 0.15) is 0 Å². The van der Waals surface area contributed by atoms with Gasteiger partial charge in [-0.3, -0.25) is 14.9 Å². The number of aryl methyl sites for hydroxylation is 1. The summed E-state index contributed by atoms with van der Waals surface area (Å²) < 4.78 is 0. The number of ketones is 1. The van der Waals surface area contributed by atoms with E-state index in [9.17, 15) is 20.0 Å². The number of benzene rings is 2. The normalized spacial score (nSPS) is 10.3.